The molecule has 0 fully saturated rings. The number of amides is 1. The van der Waals surface area contributed by atoms with Crippen LogP contribution in [0.4, 0.5) is 17.2 Å². The first-order valence-electron chi connectivity index (χ1n) is 8.22. The first kappa shape index (κ1) is 18.1. The molecule has 0 bridgehead atoms. The van der Waals surface area contributed by atoms with E-state index in [1.807, 2.05) is 30.3 Å². The van der Waals surface area contributed by atoms with E-state index in [2.05, 4.69) is 25.3 Å². The number of nitrogens with one attached hydrogen (secondary N) is 2. The van der Waals surface area contributed by atoms with Crippen LogP contribution in [0, 0.1) is 6.92 Å². The fourth-order valence-electron chi connectivity index (χ4n) is 2.42. The second kappa shape index (κ2) is 8.09. The summed E-state index contributed by atoms with van der Waals surface area (Å²) in [5.41, 5.74) is 2.04. The fourth-order valence-corrected chi connectivity index (χ4v) is 2.42. The van der Waals surface area contributed by atoms with Crippen molar-refractivity contribution in [1.82, 2.24) is 9.97 Å². The predicted octanol–water partition coefficient (Wildman–Crippen LogP) is 3.57. The van der Waals surface area contributed by atoms with Crippen molar-refractivity contribution < 1.29 is 14.3 Å². The average molecular weight is 362 g/mol. The van der Waals surface area contributed by atoms with Gasteiger partial charge < -0.3 is 15.4 Å². The van der Waals surface area contributed by atoms with Gasteiger partial charge in [0.2, 0.25) is 0 Å². The molecule has 136 valence electrons. The van der Waals surface area contributed by atoms with Gasteiger partial charge in [-0.2, -0.15) is 0 Å². The largest absolute Gasteiger partial charge is 0.465 e. The lowest BCUT2D eigenvalue weighted by atomic mass is 10.2. The Morgan fingerprint density at radius 2 is 1.63 bits per heavy atom. The average Bonchev–Trinajstić information content (AvgIpc) is 2.68. The lowest BCUT2D eigenvalue weighted by molar-refractivity contribution is 0.0600. The van der Waals surface area contributed by atoms with E-state index in [1.54, 1.807) is 37.3 Å². The summed E-state index contributed by atoms with van der Waals surface area (Å²) in [4.78, 5) is 32.5. The second-order valence-corrected chi connectivity index (χ2v) is 5.70. The van der Waals surface area contributed by atoms with Crippen molar-refractivity contribution in [3.05, 3.63) is 77.7 Å². The number of nitrogens with zero attached hydrogens (tertiary/aromatic N) is 2. The van der Waals surface area contributed by atoms with Crippen LogP contribution >= 0.6 is 0 Å². The number of carbonyl (C=O) groups excluding carboxylic acids is 2. The number of aromatic nitrogens is 2. The predicted molar refractivity (Wildman–Crippen MR) is 102 cm³/mol. The molecule has 1 aromatic heterocycles. The summed E-state index contributed by atoms with van der Waals surface area (Å²) < 4.78 is 4.65. The molecule has 7 nitrogen and oxygen atoms in total. The molecule has 0 saturated heterocycles. The topological polar surface area (TPSA) is 93.2 Å². The van der Waals surface area contributed by atoms with E-state index >= 15 is 0 Å². The van der Waals surface area contributed by atoms with Crippen LogP contribution in [0.3, 0.4) is 0 Å². The van der Waals surface area contributed by atoms with E-state index in [4.69, 9.17) is 0 Å². The molecule has 2 N–H and O–H groups in total. The second-order valence-electron chi connectivity index (χ2n) is 5.70. The van der Waals surface area contributed by atoms with Gasteiger partial charge in [-0.05, 0) is 43.3 Å². The van der Waals surface area contributed by atoms with Gasteiger partial charge in [0, 0.05) is 17.4 Å². The zero-order valence-corrected chi connectivity index (χ0v) is 14.9. The number of methoxy groups -OCH3 is 1. The van der Waals surface area contributed by atoms with Gasteiger partial charge in [0.05, 0.1) is 12.7 Å². The molecule has 0 atom stereocenters. The minimum absolute atomic E-state index is 0.234. The van der Waals surface area contributed by atoms with Gasteiger partial charge in [0.25, 0.3) is 5.91 Å². The van der Waals surface area contributed by atoms with E-state index in [9.17, 15) is 9.59 Å². The summed E-state index contributed by atoms with van der Waals surface area (Å²) >= 11 is 0. The van der Waals surface area contributed by atoms with Crippen LogP contribution < -0.4 is 10.6 Å². The number of rotatable bonds is 5. The third-order valence-corrected chi connectivity index (χ3v) is 3.68. The third kappa shape index (κ3) is 4.66. The molecule has 0 spiro atoms. The van der Waals surface area contributed by atoms with Crippen LogP contribution in [0.5, 0.6) is 0 Å². The van der Waals surface area contributed by atoms with Crippen LogP contribution in [0.2, 0.25) is 0 Å². The maximum absolute atomic E-state index is 12.5. The van der Waals surface area contributed by atoms with Crippen LogP contribution in [0.1, 0.15) is 26.7 Å². The van der Waals surface area contributed by atoms with Crippen molar-refractivity contribution in [2.75, 3.05) is 17.7 Å². The quantitative estimate of drug-likeness (QED) is 0.674. The normalized spacial score (nSPS) is 10.1. The molecular weight excluding hydrogens is 344 g/mol. The molecular formula is C20H18N4O3. The molecule has 0 aliphatic carbocycles. The number of esters is 1. The van der Waals surface area contributed by atoms with Crippen molar-refractivity contribution in [3.8, 4) is 0 Å². The van der Waals surface area contributed by atoms with E-state index < -0.39 is 5.97 Å². The molecule has 1 heterocycles. The van der Waals surface area contributed by atoms with Gasteiger partial charge in [-0.25, -0.2) is 14.8 Å². The fraction of sp³-hybridized carbons (Fsp3) is 0.100. The molecule has 3 rings (SSSR count). The van der Waals surface area contributed by atoms with Gasteiger partial charge in [-0.3, -0.25) is 4.79 Å². The monoisotopic (exact) mass is 362 g/mol. The highest BCUT2D eigenvalue weighted by atomic mass is 16.5. The van der Waals surface area contributed by atoms with Gasteiger partial charge in [-0.1, -0.05) is 18.2 Å². The Morgan fingerprint density at radius 3 is 2.30 bits per heavy atom. The SMILES string of the molecule is COC(=O)c1ccc(NC(=O)c2cc(Nc3ccccc3)nc(C)n2)cc1. The Bertz CT molecular complexity index is 957. The zero-order valence-electron chi connectivity index (χ0n) is 14.9. The highest BCUT2D eigenvalue weighted by Gasteiger charge is 2.12. The minimum Gasteiger partial charge on any atom is -0.465 e. The lowest BCUT2D eigenvalue weighted by Gasteiger charge is -2.09. The standard InChI is InChI=1S/C20H18N4O3/c1-13-21-17(12-18(22-13)23-15-6-4-3-5-7-15)19(25)24-16-10-8-14(9-11-16)20(26)27-2/h3-12H,1-2H3,(H,24,25)(H,21,22,23). The Hall–Kier alpha value is -3.74. The smallest absolute Gasteiger partial charge is 0.337 e. The van der Waals surface area contributed by atoms with Gasteiger partial charge >= 0.3 is 5.97 Å². The molecule has 0 aliphatic rings. The van der Waals surface area contributed by atoms with Gasteiger partial charge in [0.15, 0.2) is 0 Å². The Morgan fingerprint density at radius 1 is 0.926 bits per heavy atom. The number of aryl methyl sites for hydroxylation is 1. The molecule has 3 aromatic rings. The van der Waals surface area contributed by atoms with Crippen LogP contribution in [0.15, 0.2) is 60.7 Å². The van der Waals surface area contributed by atoms with Gasteiger partial charge in [0.1, 0.15) is 17.3 Å². The summed E-state index contributed by atoms with van der Waals surface area (Å²) in [6.45, 7) is 1.72. The van der Waals surface area contributed by atoms with Gasteiger partial charge in [-0.15, -0.1) is 0 Å². The Labute approximate surface area is 156 Å². The third-order valence-electron chi connectivity index (χ3n) is 3.68. The first-order valence-corrected chi connectivity index (χ1v) is 8.22. The maximum atomic E-state index is 12.5. The molecule has 0 saturated carbocycles. The van der Waals surface area contributed by atoms with Crippen LogP contribution in [0.25, 0.3) is 0 Å². The number of benzene rings is 2. The van der Waals surface area contributed by atoms with Crippen molar-refractivity contribution in [2.24, 2.45) is 0 Å². The molecule has 2 aromatic carbocycles. The molecule has 27 heavy (non-hydrogen) atoms. The number of para-hydroxylation sites is 1. The van der Waals surface area contributed by atoms with E-state index in [1.165, 1.54) is 7.11 Å². The number of anilines is 3. The van der Waals surface area contributed by atoms with Crippen molar-refractivity contribution >= 4 is 29.1 Å². The number of carbonyl (C=O) groups is 2. The van der Waals surface area contributed by atoms with Crippen LogP contribution in [-0.4, -0.2) is 29.0 Å². The summed E-state index contributed by atoms with van der Waals surface area (Å²) in [6.07, 6.45) is 0. The highest BCUT2D eigenvalue weighted by Crippen LogP contribution is 2.16. The van der Waals surface area contributed by atoms with E-state index in [0.29, 0.717) is 22.9 Å². The lowest BCUT2D eigenvalue weighted by Crippen LogP contribution is -2.15. The molecule has 0 radical (unpaired) electrons. The van der Waals surface area contributed by atoms with Crippen LogP contribution in [-0.2, 0) is 4.74 Å². The molecule has 0 aliphatic heterocycles. The van der Waals surface area contributed by atoms with Crippen molar-refractivity contribution in [2.45, 2.75) is 6.92 Å². The molecule has 0 unspecified atom stereocenters. The summed E-state index contributed by atoms with van der Waals surface area (Å²) in [7, 11) is 1.32. The highest BCUT2D eigenvalue weighted by molar-refractivity contribution is 6.03. The van der Waals surface area contributed by atoms with E-state index in [-0.39, 0.29) is 11.6 Å². The Balaban J connectivity index is 1.75. The first-order chi connectivity index (χ1) is 13.0. The van der Waals surface area contributed by atoms with Crippen molar-refractivity contribution in [3.63, 3.8) is 0 Å². The summed E-state index contributed by atoms with van der Waals surface area (Å²) in [5, 5.41) is 5.90. The summed E-state index contributed by atoms with van der Waals surface area (Å²) in [6, 6.07) is 17.5. The zero-order chi connectivity index (χ0) is 19.2. The molecule has 1 amide bonds. The van der Waals surface area contributed by atoms with Crippen molar-refractivity contribution in [1.29, 1.82) is 0 Å². The number of hydrogen-bond donors (Lipinski definition) is 2. The maximum Gasteiger partial charge on any atom is 0.337 e. The minimum atomic E-state index is -0.434. The number of hydrogen-bond acceptors (Lipinski definition) is 6. The Kier molecular flexibility index (Phi) is 5.41. The molecule has 7 heteroatoms. The van der Waals surface area contributed by atoms with E-state index in [0.717, 1.165) is 5.69 Å². The summed E-state index contributed by atoms with van der Waals surface area (Å²) in [5.74, 6) is 0.195. The number of ether oxygens (including phenoxy) is 1.